The van der Waals surface area contributed by atoms with E-state index in [-0.39, 0.29) is 6.03 Å². The van der Waals surface area contributed by atoms with Crippen LogP contribution in [0.25, 0.3) is 0 Å². The normalized spacial score (nSPS) is 22.3. The maximum absolute atomic E-state index is 11.7. The van der Waals surface area contributed by atoms with Crippen LogP contribution in [-0.2, 0) is 4.79 Å². The molecule has 0 spiro atoms. The van der Waals surface area contributed by atoms with Gasteiger partial charge >= 0.3 is 12.0 Å². The highest BCUT2D eigenvalue weighted by Crippen LogP contribution is 2.32. The number of hydrogen-bond acceptors (Lipinski definition) is 2. The van der Waals surface area contributed by atoms with Crippen molar-refractivity contribution in [1.29, 1.82) is 0 Å². The third kappa shape index (κ3) is 1.69. The zero-order valence-electron chi connectivity index (χ0n) is 8.40. The van der Waals surface area contributed by atoms with Crippen LogP contribution in [0, 0.1) is 0 Å². The van der Waals surface area contributed by atoms with E-state index in [9.17, 15) is 9.59 Å². The van der Waals surface area contributed by atoms with Gasteiger partial charge in [-0.25, -0.2) is 9.59 Å². The van der Waals surface area contributed by atoms with E-state index in [1.54, 1.807) is 4.90 Å². The summed E-state index contributed by atoms with van der Waals surface area (Å²) in [5.41, 5.74) is -1.00. The summed E-state index contributed by atoms with van der Waals surface area (Å²) >= 11 is 0. The Kier molecular flexibility index (Phi) is 2.38. The number of aliphatic carboxylic acids is 1. The summed E-state index contributed by atoms with van der Waals surface area (Å²) in [7, 11) is 0. The molecule has 0 bridgehead atoms. The van der Waals surface area contributed by atoms with Crippen molar-refractivity contribution in [2.75, 3.05) is 13.1 Å². The molecule has 1 aliphatic carbocycles. The van der Waals surface area contributed by atoms with Crippen LogP contribution in [0.4, 0.5) is 4.79 Å². The second-order valence-corrected chi connectivity index (χ2v) is 4.05. The number of urea groups is 1. The van der Waals surface area contributed by atoms with Crippen molar-refractivity contribution >= 4 is 12.0 Å². The number of hydrogen-bond donors (Lipinski definition) is 2. The van der Waals surface area contributed by atoms with Gasteiger partial charge in [-0.05, 0) is 19.3 Å². The molecule has 2 amide bonds. The summed E-state index contributed by atoms with van der Waals surface area (Å²) < 4.78 is 0. The molecule has 5 nitrogen and oxygen atoms in total. The molecule has 5 heteroatoms. The lowest BCUT2D eigenvalue weighted by molar-refractivity contribution is -0.148. The number of rotatable bonds is 2. The lowest BCUT2D eigenvalue weighted by atomic mass is 9.77. The second kappa shape index (κ2) is 3.56. The standard InChI is InChI=1S/C10H14N2O3/c13-8(14)10(4-3-5-10)11-9(15)12-6-1-2-7-12/h1-2H,3-7H2,(H,11,15)(H,13,14). The van der Waals surface area contributed by atoms with Crippen molar-refractivity contribution in [3.63, 3.8) is 0 Å². The highest BCUT2D eigenvalue weighted by atomic mass is 16.4. The summed E-state index contributed by atoms with van der Waals surface area (Å²) in [6.07, 6.45) is 5.73. The first-order valence-electron chi connectivity index (χ1n) is 5.09. The molecule has 1 saturated carbocycles. The van der Waals surface area contributed by atoms with Gasteiger partial charge in [0.15, 0.2) is 0 Å². The van der Waals surface area contributed by atoms with Gasteiger partial charge in [0.2, 0.25) is 0 Å². The van der Waals surface area contributed by atoms with Crippen LogP contribution < -0.4 is 5.32 Å². The molecule has 0 atom stereocenters. The van der Waals surface area contributed by atoms with Crippen molar-refractivity contribution in [1.82, 2.24) is 10.2 Å². The number of nitrogens with zero attached hydrogens (tertiary/aromatic N) is 1. The van der Waals surface area contributed by atoms with Crippen molar-refractivity contribution in [3.8, 4) is 0 Å². The predicted molar refractivity (Wildman–Crippen MR) is 53.5 cm³/mol. The predicted octanol–water partition coefficient (Wildman–Crippen LogP) is 0.575. The Morgan fingerprint density at radius 1 is 1.27 bits per heavy atom. The molecule has 1 aliphatic heterocycles. The van der Waals surface area contributed by atoms with E-state index < -0.39 is 11.5 Å². The largest absolute Gasteiger partial charge is 0.480 e. The van der Waals surface area contributed by atoms with Gasteiger partial charge in [-0.1, -0.05) is 12.2 Å². The molecule has 0 aromatic rings. The molecule has 0 radical (unpaired) electrons. The molecule has 2 N–H and O–H groups in total. The monoisotopic (exact) mass is 210 g/mol. The minimum absolute atomic E-state index is 0.276. The van der Waals surface area contributed by atoms with Gasteiger partial charge in [0, 0.05) is 13.1 Å². The van der Waals surface area contributed by atoms with Crippen LogP contribution in [0.15, 0.2) is 12.2 Å². The molecule has 0 saturated heterocycles. The molecule has 1 fully saturated rings. The number of carboxylic acid groups (broad SMARTS) is 1. The number of carboxylic acids is 1. The smallest absolute Gasteiger partial charge is 0.329 e. The minimum Gasteiger partial charge on any atom is -0.480 e. The average molecular weight is 210 g/mol. The zero-order valence-corrected chi connectivity index (χ0v) is 8.40. The van der Waals surface area contributed by atoms with Gasteiger partial charge in [-0.2, -0.15) is 0 Å². The molecule has 82 valence electrons. The van der Waals surface area contributed by atoms with Crippen LogP contribution in [0.2, 0.25) is 0 Å². The van der Waals surface area contributed by atoms with E-state index in [0.29, 0.717) is 25.9 Å². The Morgan fingerprint density at radius 3 is 2.27 bits per heavy atom. The molecule has 1 heterocycles. The number of carbonyl (C=O) groups excluding carboxylic acids is 1. The van der Waals surface area contributed by atoms with Crippen LogP contribution in [0.3, 0.4) is 0 Å². The Hall–Kier alpha value is -1.52. The highest BCUT2D eigenvalue weighted by molar-refractivity contribution is 5.87. The molecule has 0 aromatic carbocycles. The molecule has 2 aliphatic rings. The van der Waals surface area contributed by atoms with Crippen molar-refractivity contribution in [2.24, 2.45) is 0 Å². The Bertz CT molecular complexity index is 313. The lowest BCUT2D eigenvalue weighted by Gasteiger charge is -2.39. The van der Waals surface area contributed by atoms with Crippen LogP contribution >= 0.6 is 0 Å². The Labute approximate surface area is 87.7 Å². The topological polar surface area (TPSA) is 69.6 Å². The first-order valence-corrected chi connectivity index (χ1v) is 5.09. The van der Waals surface area contributed by atoms with Crippen molar-refractivity contribution in [2.45, 2.75) is 24.8 Å². The van der Waals surface area contributed by atoms with Gasteiger partial charge in [-0.15, -0.1) is 0 Å². The van der Waals surface area contributed by atoms with Gasteiger partial charge in [0.1, 0.15) is 5.54 Å². The first-order chi connectivity index (χ1) is 7.14. The molecular weight excluding hydrogens is 196 g/mol. The third-order valence-corrected chi connectivity index (χ3v) is 3.07. The van der Waals surface area contributed by atoms with Crippen LogP contribution in [-0.4, -0.2) is 40.6 Å². The van der Waals surface area contributed by atoms with Crippen LogP contribution in [0.5, 0.6) is 0 Å². The minimum atomic E-state index is -1.00. The maximum atomic E-state index is 11.7. The molecule has 0 unspecified atom stereocenters. The zero-order chi connectivity index (χ0) is 10.9. The summed E-state index contributed by atoms with van der Waals surface area (Å²) in [5, 5.41) is 11.6. The van der Waals surface area contributed by atoms with Crippen molar-refractivity contribution in [3.05, 3.63) is 12.2 Å². The summed E-state index contributed by atoms with van der Waals surface area (Å²) in [6, 6.07) is -0.276. The number of carbonyl (C=O) groups is 2. The maximum Gasteiger partial charge on any atom is 0.329 e. The average Bonchev–Trinajstić information content (AvgIpc) is 2.62. The van der Waals surface area contributed by atoms with Crippen molar-refractivity contribution < 1.29 is 14.7 Å². The Morgan fingerprint density at radius 2 is 1.87 bits per heavy atom. The van der Waals surface area contributed by atoms with E-state index in [1.807, 2.05) is 12.2 Å². The molecule has 2 rings (SSSR count). The second-order valence-electron chi connectivity index (χ2n) is 4.05. The number of amides is 2. The fourth-order valence-corrected chi connectivity index (χ4v) is 1.85. The van der Waals surface area contributed by atoms with Crippen LogP contribution in [0.1, 0.15) is 19.3 Å². The van der Waals surface area contributed by atoms with E-state index >= 15 is 0 Å². The molecule has 0 aromatic heterocycles. The summed E-state index contributed by atoms with van der Waals surface area (Å²) in [5.74, 6) is -0.922. The van der Waals surface area contributed by atoms with E-state index in [0.717, 1.165) is 6.42 Å². The quantitative estimate of drug-likeness (QED) is 0.655. The lowest BCUT2D eigenvalue weighted by Crippen LogP contribution is -2.61. The van der Waals surface area contributed by atoms with Gasteiger partial charge in [0.25, 0.3) is 0 Å². The Balaban J connectivity index is 1.95. The molecule has 15 heavy (non-hydrogen) atoms. The van der Waals surface area contributed by atoms with E-state index in [4.69, 9.17) is 5.11 Å². The van der Waals surface area contributed by atoms with Gasteiger partial charge < -0.3 is 15.3 Å². The molecular formula is C10H14N2O3. The number of nitrogens with one attached hydrogen (secondary N) is 1. The SMILES string of the molecule is O=C(NC1(C(=O)O)CCC1)N1CC=CC1. The van der Waals surface area contributed by atoms with E-state index in [2.05, 4.69) is 5.32 Å². The fraction of sp³-hybridized carbons (Fsp3) is 0.600. The third-order valence-electron chi connectivity index (χ3n) is 3.07. The first kappa shape index (κ1) is 10.0. The van der Waals surface area contributed by atoms with Gasteiger partial charge in [-0.3, -0.25) is 0 Å². The summed E-state index contributed by atoms with van der Waals surface area (Å²) in [6.45, 7) is 1.14. The van der Waals surface area contributed by atoms with E-state index in [1.165, 1.54) is 0 Å². The fourth-order valence-electron chi connectivity index (χ4n) is 1.85. The van der Waals surface area contributed by atoms with Gasteiger partial charge in [0.05, 0.1) is 0 Å². The summed E-state index contributed by atoms with van der Waals surface area (Å²) in [4.78, 5) is 24.3. The highest BCUT2D eigenvalue weighted by Gasteiger charge is 2.46.